The summed E-state index contributed by atoms with van der Waals surface area (Å²) in [5.74, 6) is 0.866. The number of furan rings is 1. The van der Waals surface area contributed by atoms with Crippen LogP contribution < -0.4 is 5.32 Å². The maximum absolute atomic E-state index is 5.35. The van der Waals surface area contributed by atoms with Crippen LogP contribution in [0.15, 0.2) is 22.8 Å². The molecule has 0 spiro atoms. The van der Waals surface area contributed by atoms with Crippen molar-refractivity contribution in [1.82, 2.24) is 10.3 Å². The molecule has 0 saturated heterocycles. The summed E-state index contributed by atoms with van der Waals surface area (Å²) in [5.41, 5.74) is 1.12. The van der Waals surface area contributed by atoms with Crippen LogP contribution in [0.3, 0.4) is 0 Å². The molecule has 2 aromatic rings. The molecular formula is C12H14N2OS. The monoisotopic (exact) mass is 234 g/mol. The molecule has 1 aliphatic rings. The summed E-state index contributed by atoms with van der Waals surface area (Å²) in [5, 5.41) is 4.49. The Labute approximate surface area is 98.5 Å². The summed E-state index contributed by atoms with van der Waals surface area (Å²) >= 11 is 1.72. The lowest BCUT2D eigenvalue weighted by atomic mass is 10.4. The molecule has 0 aliphatic heterocycles. The molecule has 4 heteroatoms. The number of nitrogens with zero attached hydrogens (tertiary/aromatic N) is 1. The van der Waals surface area contributed by atoms with Crippen LogP contribution in [0.4, 0.5) is 0 Å². The fourth-order valence-electron chi connectivity index (χ4n) is 1.62. The highest BCUT2D eigenvalue weighted by atomic mass is 32.1. The lowest BCUT2D eigenvalue weighted by Gasteiger charge is -1.99. The highest BCUT2D eigenvalue weighted by Crippen LogP contribution is 2.29. The Bertz CT molecular complexity index is 471. The molecule has 1 saturated carbocycles. The van der Waals surface area contributed by atoms with E-state index < -0.39 is 0 Å². The lowest BCUT2D eigenvalue weighted by molar-refractivity contribution is 0.581. The van der Waals surface area contributed by atoms with Gasteiger partial charge in [-0.05, 0) is 31.9 Å². The smallest absolute Gasteiger partial charge is 0.162 e. The third-order valence-corrected chi connectivity index (χ3v) is 3.93. The Balaban J connectivity index is 1.78. The molecule has 2 heterocycles. The molecule has 0 amide bonds. The molecule has 0 unspecified atom stereocenters. The van der Waals surface area contributed by atoms with E-state index in [1.54, 1.807) is 17.6 Å². The van der Waals surface area contributed by atoms with Crippen LogP contribution in [-0.4, -0.2) is 11.0 Å². The first kappa shape index (κ1) is 10.1. The van der Waals surface area contributed by atoms with E-state index in [1.165, 1.54) is 17.7 Å². The van der Waals surface area contributed by atoms with Gasteiger partial charge < -0.3 is 9.73 Å². The van der Waals surface area contributed by atoms with Gasteiger partial charge in [-0.1, -0.05) is 0 Å². The van der Waals surface area contributed by atoms with Crippen molar-refractivity contribution in [3.8, 4) is 10.8 Å². The second kappa shape index (κ2) is 4.03. The standard InChI is InChI=1S/C12H14N2OS/c1-8-11(7-13-9-4-5-9)16-12(14-8)10-3-2-6-15-10/h2-3,6,9,13H,4-5,7H2,1H3. The maximum atomic E-state index is 5.35. The first-order chi connectivity index (χ1) is 7.83. The van der Waals surface area contributed by atoms with Gasteiger partial charge in [0, 0.05) is 17.5 Å². The van der Waals surface area contributed by atoms with Crippen molar-refractivity contribution in [2.45, 2.75) is 32.4 Å². The zero-order valence-electron chi connectivity index (χ0n) is 9.19. The van der Waals surface area contributed by atoms with Crippen molar-refractivity contribution in [3.05, 3.63) is 29.0 Å². The van der Waals surface area contributed by atoms with Gasteiger partial charge in [0.05, 0.1) is 12.0 Å². The maximum Gasteiger partial charge on any atom is 0.162 e. The van der Waals surface area contributed by atoms with Crippen LogP contribution in [0.5, 0.6) is 0 Å². The van der Waals surface area contributed by atoms with E-state index in [9.17, 15) is 0 Å². The van der Waals surface area contributed by atoms with Crippen molar-refractivity contribution < 1.29 is 4.42 Å². The number of nitrogens with one attached hydrogen (secondary N) is 1. The third-order valence-electron chi connectivity index (χ3n) is 2.75. The van der Waals surface area contributed by atoms with Crippen LogP contribution in [-0.2, 0) is 6.54 Å². The molecule has 16 heavy (non-hydrogen) atoms. The zero-order chi connectivity index (χ0) is 11.0. The predicted molar refractivity (Wildman–Crippen MR) is 64.4 cm³/mol. The number of hydrogen-bond donors (Lipinski definition) is 1. The van der Waals surface area contributed by atoms with Gasteiger partial charge in [-0.3, -0.25) is 0 Å². The van der Waals surface area contributed by atoms with Crippen molar-refractivity contribution in [2.24, 2.45) is 0 Å². The second-order valence-electron chi connectivity index (χ2n) is 4.16. The van der Waals surface area contributed by atoms with E-state index in [1.807, 2.05) is 12.1 Å². The van der Waals surface area contributed by atoms with Crippen LogP contribution in [0.1, 0.15) is 23.4 Å². The summed E-state index contributed by atoms with van der Waals surface area (Å²) in [6.45, 7) is 3.00. The topological polar surface area (TPSA) is 38.1 Å². The number of aromatic nitrogens is 1. The van der Waals surface area contributed by atoms with Gasteiger partial charge in [-0.25, -0.2) is 4.98 Å². The number of hydrogen-bond acceptors (Lipinski definition) is 4. The quantitative estimate of drug-likeness (QED) is 0.883. The van der Waals surface area contributed by atoms with Crippen LogP contribution in [0, 0.1) is 6.92 Å². The minimum Gasteiger partial charge on any atom is -0.462 e. The summed E-state index contributed by atoms with van der Waals surface area (Å²) in [6, 6.07) is 4.60. The Kier molecular flexibility index (Phi) is 2.53. The van der Waals surface area contributed by atoms with Gasteiger partial charge in [-0.2, -0.15) is 0 Å². The summed E-state index contributed by atoms with van der Waals surface area (Å²) in [4.78, 5) is 5.85. The minimum absolute atomic E-state index is 0.744. The van der Waals surface area contributed by atoms with Crippen molar-refractivity contribution in [1.29, 1.82) is 0 Å². The molecule has 3 rings (SSSR count). The summed E-state index contributed by atoms with van der Waals surface area (Å²) in [7, 11) is 0. The van der Waals surface area contributed by atoms with Gasteiger partial charge in [0.25, 0.3) is 0 Å². The number of rotatable bonds is 4. The van der Waals surface area contributed by atoms with Crippen LogP contribution >= 0.6 is 11.3 Å². The molecule has 0 radical (unpaired) electrons. The van der Waals surface area contributed by atoms with Crippen molar-refractivity contribution in [3.63, 3.8) is 0 Å². The SMILES string of the molecule is Cc1nc(-c2ccco2)sc1CNC1CC1. The molecule has 0 atom stereocenters. The highest BCUT2D eigenvalue weighted by Gasteiger charge is 2.21. The fraction of sp³-hybridized carbons (Fsp3) is 0.417. The molecule has 1 fully saturated rings. The first-order valence-corrected chi connectivity index (χ1v) is 6.38. The minimum atomic E-state index is 0.744. The normalized spacial score (nSPS) is 15.6. The Morgan fingerprint density at radius 1 is 1.56 bits per heavy atom. The molecule has 84 valence electrons. The predicted octanol–water partition coefficient (Wildman–Crippen LogP) is 2.96. The van der Waals surface area contributed by atoms with E-state index in [0.29, 0.717) is 0 Å². The van der Waals surface area contributed by atoms with Gasteiger partial charge in [0.2, 0.25) is 0 Å². The van der Waals surface area contributed by atoms with Gasteiger partial charge in [0.15, 0.2) is 10.8 Å². The average molecular weight is 234 g/mol. The zero-order valence-corrected chi connectivity index (χ0v) is 10.0. The lowest BCUT2D eigenvalue weighted by Crippen LogP contribution is -2.14. The van der Waals surface area contributed by atoms with Gasteiger partial charge in [-0.15, -0.1) is 11.3 Å². The van der Waals surface area contributed by atoms with E-state index >= 15 is 0 Å². The van der Waals surface area contributed by atoms with E-state index in [-0.39, 0.29) is 0 Å². The van der Waals surface area contributed by atoms with Crippen LogP contribution in [0.25, 0.3) is 10.8 Å². The van der Waals surface area contributed by atoms with Crippen LogP contribution in [0.2, 0.25) is 0 Å². The molecule has 1 N–H and O–H groups in total. The Morgan fingerprint density at radius 3 is 3.12 bits per heavy atom. The number of thiazole rings is 1. The van der Waals surface area contributed by atoms with Gasteiger partial charge in [0.1, 0.15) is 0 Å². The van der Waals surface area contributed by atoms with E-state index in [4.69, 9.17) is 4.42 Å². The second-order valence-corrected chi connectivity index (χ2v) is 5.24. The molecule has 0 bridgehead atoms. The largest absolute Gasteiger partial charge is 0.462 e. The molecule has 2 aromatic heterocycles. The fourth-order valence-corrected chi connectivity index (χ4v) is 2.60. The number of aryl methyl sites for hydroxylation is 1. The molecule has 1 aliphatic carbocycles. The molecular weight excluding hydrogens is 220 g/mol. The van der Waals surface area contributed by atoms with Crippen molar-refractivity contribution in [2.75, 3.05) is 0 Å². The molecule has 3 nitrogen and oxygen atoms in total. The Morgan fingerprint density at radius 2 is 2.44 bits per heavy atom. The third kappa shape index (κ3) is 2.03. The first-order valence-electron chi connectivity index (χ1n) is 5.56. The highest BCUT2D eigenvalue weighted by molar-refractivity contribution is 7.15. The van der Waals surface area contributed by atoms with E-state index in [2.05, 4.69) is 17.2 Å². The van der Waals surface area contributed by atoms with E-state index in [0.717, 1.165) is 29.0 Å². The van der Waals surface area contributed by atoms with Crippen molar-refractivity contribution >= 4 is 11.3 Å². The van der Waals surface area contributed by atoms with Gasteiger partial charge >= 0.3 is 0 Å². The molecule has 0 aromatic carbocycles. The summed E-state index contributed by atoms with van der Waals surface area (Å²) < 4.78 is 5.35. The average Bonchev–Trinajstić information content (AvgIpc) is 2.80. The summed E-state index contributed by atoms with van der Waals surface area (Å²) in [6.07, 6.45) is 4.33. The Hall–Kier alpha value is -1.13.